The Balaban J connectivity index is 1.59. The first kappa shape index (κ1) is 16.7. The number of carbonyl (C=O) groups excluding carboxylic acids is 1. The Morgan fingerprint density at radius 1 is 1.36 bits per heavy atom. The van der Waals surface area contributed by atoms with Crippen molar-refractivity contribution in [1.82, 2.24) is 15.6 Å². The summed E-state index contributed by atoms with van der Waals surface area (Å²) < 4.78 is 11.1. The molecule has 0 spiro atoms. The van der Waals surface area contributed by atoms with Gasteiger partial charge in [0.15, 0.2) is 5.79 Å². The smallest absolute Gasteiger partial charge is 0.314 e. The van der Waals surface area contributed by atoms with Crippen LogP contribution in [-0.2, 0) is 15.9 Å². The van der Waals surface area contributed by atoms with Gasteiger partial charge in [0.05, 0.1) is 13.2 Å². The third-order valence-electron chi connectivity index (χ3n) is 3.62. The van der Waals surface area contributed by atoms with E-state index in [-0.39, 0.29) is 11.9 Å². The summed E-state index contributed by atoms with van der Waals surface area (Å²) in [7, 11) is 0. The Kier molecular flexibility index (Phi) is 6.15. The summed E-state index contributed by atoms with van der Waals surface area (Å²) in [6, 6.07) is 5.62. The lowest BCUT2D eigenvalue weighted by molar-refractivity contribution is -0.153. The molecule has 6 heteroatoms. The van der Waals surface area contributed by atoms with Crippen molar-refractivity contribution in [3.63, 3.8) is 0 Å². The van der Waals surface area contributed by atoms with Gasteiger partial charge in [0.25, 0.3) is 0 Å². The molecule has 2 heterocycles. The van der Waals surface area contributed by atoms with Crippen LogP contribution >= 0.6 is 0 Å². The molecule has 0 aromatic carbocycles. The highest BCUT2D eigenvalue weighted by Gasteiger charge is 2.32. The van der Waals surface area contributed by atoms with Crippen molar-refractivity contribution in [2.75, 3.05) is 26.3 Å². The molecule has 22 heavy (non-hydrogen) atoms. The predicted octanol–water partition coefficient (Wildman–Crippen LogP) is 1.71. The summed E-state index contributed by atoms with van der Waals surface area (Å²) in [6.45, 7) is 6.47. The van der Waals surface area contributed by atoms with Crippen molar-refractivity contribution in [3.8, 4) is 0 Å². The Bertz CT molecular complexity index is 461. The lowest BCUT2D eigenvalue weighted by atomic mass is 10.0. The van der Waals surface area contributed by atoms with Crippen LogP contribution in [0.3, 0.4) is 0 Å². The number of rotatable bonds is 7. The number of carbonyl (C=O) groups is 1. The number of hydrogen-bond acceptors (Lipinski definition) is 4. The highest BCUT2D eigenvalue weighted by molar-refractivity contribution is 5.73. The van der Waals surface area contributed by atoms with Crippen molar-refractivity contribution in [3.05, 3.63) is 30.1 Å². The number of pyridine rings is 1. The normalized spacial score (nSPS) is 17.9. The summed E-state index contributed by atoms with van der Waals surface area (Å²) in [5, 5.41) is 5.72. The number of urea groups is 1. The van der Waals surface area contributed by atoms with Gasteiger partial charge in [-0.05, 0) is 25.0 Å². The van der Waals surface area contributed by atoms with Gasteiger partial charge in [-0.1, -0.05) is 13.0 Å². The molecule has 1 fully saturated rings. The maximum atomic E-state index is 11.7. The van der Waals surface area contributed by atoms with Crippen LogP contribution in [0.4, 0.5) is 4.79 Å². The number of nitrogens with one attached hydrogen (secondary N) is 2. The highest BCUT2D eigenvalue weighted by Crippen LogP contribution is 2.26. The lowest BCUT2D eigenvalue weighted by Gasteiger charge is -2.26. The topological polar surface area (TPSA) is 72.5 Å². The van der Waals surface area contributed by atoms with E-state index in [9.17, 15) is 4.79 Å². The van der Waals surface area contributed by atoms with Gasteiger partial charge >= 0.3 is 6.03 Å². The molecule has 1 saturated heterocycles. The molecule has 1 aliphatic rings. The van der Waals surface area contributed by atoms with E-state index < -0.39 is 5.79 Å². The summed E-state index contributed by atoms with van der Waals surface area (Å²) in [5.74, 6) is -0.221. The second-order valence-corrected chi connectivity index (χ2v) is 5.85. The quantitative estimate of drug-likeness (QED) is 0.804. The molecule has 122 valence electrons. The summed E-state index contributed by atoms with van der Waals surface area (Å²) in [6.07, 6.45) is 3.25. The predicted molar refractivity (Wildman–Crippen MR) is 83.4 cm³/mol. The molecular weight excluding hydrogens is 282 g/mol. The van der Waals surface area contributed by atoms with E-state index in [1.807, 2.05) is 25.1 Å². The Labute approximate surface area is 131 Å². The Hall–Kier alpha value is -1.66. The number of ether oxygens (including phenoxy) is 2. The van der Waals surface area contributed by atoms with Crippen LogP contribution in [0, 0.1) is 5.92 Å². The van der Waals surface area contributed by atoms with Crippen LogP contribution in [0.5, 0.6) is 0 Å². The maximum absolute atomic E-state index is 11.7. The van der Waals surface area contributed by atoms with E-state index in [0.29, 0.717) is 26.3 Å². The zero-order chi connectivity index (χ0) is 15.8. The van der Waals surface area contributed by atoms with Gasteiger partial charge in [-0.2, -0.15) is 0 Å². The zero-order valence-electron chi connectivity index (χ0n) is 13.3. The van der Waals surface area contributed by atoms with Crippen LogP contribution in [0.25, 0.3) is 0 Å². The van der Waals surface area contributed by atoms with E-state index in [1.165, 1.54) is 0 Å². The minimum atomic E-state index is -0.503. The van der Waals surface area contributed by atoms with E-state index in [1.54, 1.807) is 6.20 Å². The maximum Gasteiger partial charge on any atom is 0.314 e. The Morgan fingerprint density at radius 3 is 2.82 bits per heavy atom. The second kappa shape index (κ2) is 8.10. The third kappa shape index (κ3) is 5.61. The van der Waals surface area contributed by atoms with Gasteiger partial charge in [0.2, 0.25) is 0 Å². The van der Waals surface area contributed by atoms with Crippen LogP contribution in [0.2, 0.25) is 0 Å². The molecule has 1 atom stereocenters. The number of aromatic nitrogens is 1. The molecule has 2 rings (SSSR count). The standard InChI is InChI=1S/C16H25N3O3/c1-13(11-16(2)21-9-10-22-16)12-19-15(20)18-8-6-14-5-3-4-7-17-14/h3-5,7,13H,6,8-12H2,1-2H3,(H2,18,19,20)/t13-/m1/s1. The molecule has 1 aromatic heterocycles. The monoisotopic (exact) mass is 307 g/mol. The van der Waals surface area contributed by atoms with Crippen LogP contribution < -0.4 is 10.6 Å². The SMILES string of the molecule is C[C@@H](CNC(=O)NCCc1ccccn1)CC1(C)OCCO1. The Morgan fingerprint density at radius 2 is 2.14 bits per heavy atom. The van der Waals surface area contributed by atoms with E-state index in [4.69, 9.17) is 9.47 Å². The van der Waals surface area contributed by atoms with Gasteiger partial charge in [-0.15, -0.1) is 0 Å². The van der Waals surface area contributed by atoms with Gasteiger partial charge < -0.3 is 20.1 Å². The number of amides is 2. The molecule has 2 amide bonds. The molecule has 6 nitrogen and oxygen atoms in total. The van der Waals surface area contributed by atoms with E-state index in [0.717, 1.165) is 18.5 Å². The zero-order valence-corrected chi connectivity index (χ0v) is 13.3. The molecule has 1 aromatic rings. The first-order valence-corrected chi connectivity index (χ1v) is 7.77. The molecule has 0 bridgehead atoms. The first-order chi connectivity index (χ1) is 10.6. The van der Waals surface area contributed by atoms with Gasteiger partial charge in [-0.25, -0.2) is 4.79 Å². The molecule has 2 N–H and O–H groups in total. The minimum absolute atomic E-state index is 0.152. The fourth-order valence-electron chi connectivity index (χ4n) is 2.56. The van der Waals surface area contributed by atoms with Crippen LogP contribution in [0.1, 0.15) is 26.0 Å². The summed E-state index contributed by atoms with van der Waals surface area (Å²) in [5.41, 5.74) is 0.972. The van der Waals surface area contributed by atoms with Crippen molar-refractivity contribution < 1.29 is 14.3 Å². The summed E-state index contributed by atoms with van der Waals surface area (Å²) in [4.78, 5) is 16.0. The summed E-state index contributed by atoms with van der Waals surface area (Å²) >= 11 is 0. The van der Waals surface area contributed by atoms with Crippen LogP contribution in [0.15, 0.2) is 24.4 Å². The fourth-order valence-corrected chi connectivity index (χ4v) is 2.56. The molecule has 0 aliphatic carbocycles. The lowest BCUT2D eigenvalue weighted by Crippen LogP contribution is -2.40. The fraction of sp³-hybridized carbons (Fsp3) is 0.625. The number of hydrogen-bond donors (Lipinski definition) is 2. The van der Waals surface area contributed by atoms with Crippen molar-refractivity contribution >= 4 is 6.03 Å². The average molecular weight is 307 g/mol. The largest absolute Gasteiger partial charge is 0.348 e. The van der Waals surface area contributed by atoms with Crippen molar-refractivity contribution in [2.45, 2.75) is 32.5 Å². The van der Waals surface area contributed by atoms with Gasteiger partial charge in [-0.3, -0.25) is 4.98 Å². The molecule has 0 saturated carbocycles. The minimum Gasteiger partial charge on any atom is -0.348 e. The molecule has 0 unspecified atom stereocenters. The van der Waals surface area contributed by atoms with E-state index >= 15 is 0 Å². The van der Waals surface area contributed by atoms with Crippen molar-refractivity contribution in [2.24, 2.45) is 5.92 Å². The first-order valence-electron chi connectivity index (χ1n) is 7.77. The third-order valence-corrected chi connectivity index (χ3v) is 3.62. The van der Waals surface area contributed by atoms with Crippen LogP contribution in [-0.4, -0.2) is 43.1 Å². The van der Waals surface area contributed by atoms with Gasteiger partial charge in [0.1, 0.15) is 0 Å². The van der Waals surface area contributed by atoms with Gasteiger partial charge in [0, 0.05) is 37.8 Å². The second-order valence-electron chi connectivity index (χ2n) is 5.85. The van der Waals surface area contributed by atoms with Crippen molar-refractivity contribution in [1.29, 1.82) is 0 Å². The number of nitrogens with zero attached hydrogens (tertiary/aromatic N) is 1. The highest BCUT2D eigenvalue weighted by atomic mass is 16.7. The molecule has 0 radical (unpaired) electrons. The molecule has 1 aliphatic heterocycles. The van der Waals surface area contributed by atoms with E-state index in [2.05, 4.69) is 22.5 Å². The molecular formula is C16H25N3O3. The average Bonchev–Trinajstić information content (AvgIpc) is 2.92.